The summed E-state index contributed by atoms with van der Waals surface area (Å²) < 4.78 is 12.8. The Morgan fingerprint density at radius 3 is 2.67 bits per heavy atom. The van der Waals surface area contributed by atoms with Crippen LogP contribution in [0.15, 0.2) is 30.6 Å². The molecule has 1 radical (unpaired) electrons. The molecule has 0 bridgehead atoms. The van der Waals surface area contributed by atoms with Gasteiger partial charge in [0, 0.05) is 30.4 Å². The van der Waals surface area contributed by atoms with Crippen LogP contribution in [0.3, 0.4) is 0 Å². The van der Waals surface area contributed by atoms with E-state index in [-0.39, 0.29) is 0 Å². The average Bonchev–Trinajstić information content (AvgIpc) is 3.05. The summed E-state index contributed by atoms with van der Waals surface area (Å²) in [5.74, 6) is 1.64. The Kier molecular flexibility index (Phi) is 4.10. The van der Waals surface area contributed by atoms with Crippen molar-refractivity contribution in [2.24, 2.45) is 0 Å². The van der Waals surface area contributed by atoms with E-state index in [1.54, 1.807) is 14.2 Å². The fourth-order valence-corrected chi connectivity index (χ4v) is 2.72. The summed E-state index contributed by atoms with van der Waals surface area (Å²) in [6, 6.07) is 6.25. The van der Waals surface area contributed by atoms with Gasteiger partial charge in [0.1, 0.15) is 11.5 Å². The van der Waals surface area contributed by atoms with Crippen molar-refractivity contribution in [3.63, 3.8) is 0 Å². The van der Waals surface area contributed by atoms with Crippen LogP contribution in [0.1, 0.15) is 18.9 Å². The van der Waals surface area contributed by atoms with E-state index in [9.17, 15) is 0 Å². The number of piperidine rings is 1. The number of hydrogen-bond acceptors (Lipinski definition) is 3. The average molecular weight is 286 g/mol. The van der Waals surface area contributed by atoms with Gasteiger partial charge >= 0.3 is 0 Å². The topological polar surface area (TPSA) is 50.4 Å². The van der Waals surface area contributed by atoms with Crippen molar-refractivity contribution >= 4 is 0 Å². The molecule has 1 saturated heterocycles. The predicted molar refractivity (Wildman–Crippen MR) is 80.9 cm³/mol. The molecule has 1 aromatic carbocycles. The largest absolute Gasteiger partial charge is 0.497 e. The normalized spacial score (nSPS) is 15.9. The molecule has 5 heteroatoms. The van der Waals surface area contributed by atoms with Crippen LogP contribution in [0.25, 0.3) is 11.1 Å². The summed E-state index contributed by atoms with van der Waals surface area (Å²) in [6.45, 7) is 1.87. The maximum atomic E-state index is 5.45. The lowest BCUT2D eigenvalue weighted by Crippen LogP contribution is -2.24. The summed E-state index contributed by atoms with van der Waals surface area (Å²) in [4.78, 5) is 0. The van der Waals surface area contributed by atoms with Gasteiger partial charge in [0.05, 0.1) is 26.5 Å². The zero-order chi connectivity index (χ0) is 14.7. The minimum atomic E-state index is 0.452. The minimum absolute atomic E-state index is 0.452. The molecule has 1 aliphatic rings. The number of rotatable bonds is 4. The molecule has 1 fully saturated rings. The highest BCUT2D eigenvalue weighted by atomic mass is 16.5. The van der Waals surface area contributed by atoms with Crippen LogP contribution < -0.4 is 14.8 Å². The lowest BCUT2D eigenvalue weighted by Gasteiger charge is -2.21. The highest BCUT2D eigenvalue weighted by Crippen LogP contribution is 2.34. The first-order valence-corrected chi connectivity index (χ1v) is 7.21. The number of nitrogens with zero attached hydrogens (tertiary/aromatic N) is 3. The lowest BCUT2D eigenvalue weighted by atomic mass is 10.1. The van der Waals surface area contributed by atoms with Crippen molar-refractivity contribution in [3.05, 3.63) is 30.6 Å². The second-order valence-corrected chi connectivity index (χ2v) is 5.18. The first-order valence-electron chi connectivity index (χ1n) is 7.21. The SMILES string of the molecule is COc1ccc(OC)c(-c2cnn(C3CC[N]CC3)c2)c1. The fourth-order valence-electron chi connectivity index (χ4n) is 2.72. The van der Waals surface area contributed by atoms with Crippen LogP contribution in [-0.2, 0) is 0 Å². The maximum Gasteiger partial charge on any atom is 0.127 e. The van der Waals surface area contributed by atoms with Crippen LogP contribution >= 0.6 is 0 Å². The molecule has 2 aromatic rings. The van der Waals surface area contributed by atoms with Crippen molar-refractivity contribution < 1.29 is 9.47 Å². The Labute approximate surface area is 124 Å². The molecule has 0 saturated carbocycles. The van der Waals surface area contributed by atoms with Gasteiger partial charge in [-0.3, -0.25) is 4.68 Å². The first-order chi connectivity index (χ1) is 10.3. The minimum Gasteiger partial charge on any atom is -0.497 e. The third kappa shape index (κ3) is 2.88. The highest BCUT2D eigenvalue weighted by Gasteiger charge is 2.17. The molecule has 5 nitrogen and oxygen atoms in total. The molecule has 21 heavy (non-hydrogen) atoms. The molecule has 0 N–H and O–H groups in total. The van der Waals surface area contributed by atoms with E-state index in [1.807, 2.05) is 24.4 Å². The van der Waals surface area contributed by atoms with Crippen molar-refractivity contribution in [2.45, 2.75) is 18.9 Å². The van der Waals surface area contributed by atoms with E-state index in [1.165, 1.54) is 0 Å². The number of hydrogen-bond donors (Lipinski definition) is 0. The van der Waals surface area contributed by atoms with E-state index in [0.717, 1.165) is 48.6 Å². The molecule has 2 heterocycles. The summed E-state index contributed by atoms with van der Waals surface area (Å²) >= 11 is 0. The third-order valence-electron chi connectivity index (χ3n) is 3.93. The van der Waals surface area contributed by atoms with Crippen molar-refractivity contribution in [2.75, 3.05) is 27.3 Å². The van der Waals surface area contributed by atoms with Gasteiger partial charge in [0.2, 0.25) is 0 Å². The van der Waals surface area contributed by atoms with E-state index >= 15 is 0 Å². The highest BCUT2D eigenvalue weighted by molar-refractivity contribution is 5.71. The summed E-state index contributed by atoms with van der Waals surface area (Å²) in [7, 11) is 3.35. The third-order valence-corrected chi connectivity index (χ3v) is 3.93. The van der Waals surface area contributed by atoms with E-state index in [0.29, 0.717) is 6.04 Å². The zero-order valence-electron chi connectivity index (χ0n) is 12.5. The van der Waals surface area contributed by atoms with Crippen LogP contribution in [-0.4, -0.2) is 37.1 Å². The van der Waals surface area contributed by atoms with Gasteiger partial charge in [0.25, 0.3) is 0 Å². The van der Waals surface area contributed by atoms with Crippen molar-refractivity contribution in [1.29, 1.82) is 0 Å². The van der Waals surface area contributed by atoms with Gasteiger partial charge < -0.3 is 9.47 Å². The molecule has 0 amide bonds. The molecule has 0 unspecified atom stereocenters. The quantitative estimate of drug-likeness (QED) is 0.867. The van der Waals surface area contributed by atoms with Crippen LogP contribution in [0.4, 0.5) is 0 Å². The Morgan fingerprint density at radius 2 is 1.95 bits per heavy atom. The van der Waals surface area contributed by atoms with Crippen LogP contribution in [0.2, 0.25) is 0 Å². The monoisotopic (exact) mass is 286 g/mol. The molecular formula is C16H20N3O2. The molecular weight excluding hydrogens is 266 g/mol. The van der Waals surface area contributed by atoms with Gasteiger partial charge in [-0.25, -0.2) is 5.32 Å². The predicted octanol–water partition coefficient (Wildman–Crippen LogP) is 2.51. The number of aromatic nitrogens is 2. The van der Waals surface area contributed by atoms with Crippen LogP contribution in [0.5, 0.6) is 11.5 Å². The molecule has 111 valence electrons. The maximum absolute atomic E-state index is 5.45. The number of ether oxygens (including phenoxy) is 2. The lowest BCUT2D eigenvalue weighted by molar-refractivity contribution is 0.339. The first kappa shape index (κ1) is 13.9. The van der Waals surface area contributed by atoms with Gasteiger partial charge in [-0.15, -0.1) is 0 Å². The van der Waals surface area contributed by atoms with Gasteiger partial charge in [0.15, 0.2) is 0 Å². The van der Waals surface area contributed by atoms with Crippen LogP contribution in [0, 0.1) is 0 Å². The second kappa shape index (κ2) is 6.18. The molecule has 0 atom stereocenters. The number of methoxy groups -OCH3 is 2. The standard InChI is InChI=1S/C16H20N3O2/c1-20-14-3-4-16(21-2)15(9-14)12-10-18-19(11-12)13-5-7-17-8-6-13/h3-4,9-11,13H,5-8H2,1-2H3. The van der Waals surface area contributed by atoms with Gasteiger partial charge in [-0.2, -0.15) is 5.10 Å². The van der Waals surface area contributed by atoms with E-state index in [2.05, 4.69) is 21.3 Å². The van der Waals surface area contributed by atoms with E-state index in [4.69, 9.17) is 9.47 Å². The second-order valence-electron chi connectivity index (χ2n) is 5.18. The Morgan fingerprint density at radius 1 is 1.14 bits per heavy atom. The summed E-state index contributed by atoms with van der Waals surface area (Å²) in [5, 5.41) is 8.92. The fraction of sp³-hybridized carbons (Fsp3) is 0.438. The van der Waals surface area contributed by atoms with Gasteiger partial charge in [-0.1, -0.05) is 0 Å². The van der Waals surface area contributed by atoms with Gasteiger partial charge in [-0.05, 0) is 31.0 Å². The van der Waals surface area contributed by atoms with E-state index < -0.39 is 0 Å². The van der Waals surface area contributed by atoms with Crippen molar-refractivity contribution in [1.82, 2.24) is 15.1 Å². The smallest absolute Gasteiger partial charge is 0.127 e. The van der Waals surface area contributed by atoms with Crippen molar-refractivity contribution in [3.8, 4) is 22.6 Å². The Balaban J connectivity index is 1.91. The summed E-state index contributed by atoms with van der Waals surface area (Å²) in [6.07, 6.45) is 6.11. The molecule has 0 aliphatic carbocycles. The Hall–Kier alpha value is -2.01. The molecule has 0 spiro atoms. The molecule has 1 aromatic heterocycles. The Bertz CT molecular complexity index is 603. The molecule has 1 aliphatic heterocycles. The zero-order valence-corrected chi connectivity index (χ0v) is 12.5. The molecule has 3 rings (SSSR count). The summed E-state index contributed by atoms with van der Waals surface area (Å²) in [5.41, 5.74) is 2.05. The number of benzene rings is 1.